The molecule has 0 radical (unpaired) electrons. The van der Waals surface area contributed by atoms with E-state index in [4.69, 9.17) is 14.6 Å². The summed E-state index contributed by atoms with van der Waals surface area (Å²) in [6, 6.07) is 7.29. The zero-order valence-corrected chi connectivity index (χ0v) is 10.2. The van der Waals surface area contributed by atoms with Crippen molar-refractivity contribution in [1.29, 1.82) is 0 Å². The minimum atomic E-state index is -0.841. The molecule has 4 nitrogen and oxygen atoms in total. The number of ether oxygens (including phenoxy) is 2. The van der Waals surface area contributed by atoms with Crippen LogP contribution in [0, 0.1) is 0 Å². The summed E-state index contributed by atoms with van der Waals surface area (Å²) >= 11 is 0. The molecule has 0 atom stereocenters. The third kappa shape index (κ3) is 4.54. The topological polar surface area (TPSA) is 55.8 Å². The summed E-state index contributed by atoms with van der Waals surface area (Å²) in [5.41, 5.74) is 1.60. The van der Waals surface area contributed by atoms with Gasteiger partial charge in [-0.25, -0.2) is 0 Å². The number of hydrogen-bond acceptors (Lipinski definition) is 3. The van der Waals surface area contributed by atoms with E-state index in [1.165, 1.54) is 0 Å². The van der Waals surface area contributed by atoms with Crippen LogP contribution in [-0.2, 0) is 20.7 Å². The third-order valence-electron chi connectivity index (χ3n) is 2.21. The molecule has 0 unspecified atom stereocenters. The van der Waals surface area contributed by atoms with Crippen LogP contribution in [0.1, 0.15) is 31.3 Å². The van der Waals surface area contributed by atoms with E-state index in [2.05, 4.69) is 0 Å². The van der Waals surface area contributed by atoms with Crippen molar-refractivity contribution in [3.8, 4) is 0 Å². The molecule has 17 heavy (non-hydrogen) atoms. The van der Waals surface area contributed by atoms with Crippen LogP contribution in [0.5, 0.6) is 0 Å². The number of carboxylic acid groups (broad SMARTS) is 1. The van der Waals surface area contributed by atoms with Crippen LogP contribution >= 0.6 is 0 Å². The highest BCUT2D eigenvalue weighted by Gasteiger charge is 2.12. The lowest BCUT2D eigenvalue weighted by Crippen LogP contribution is -2.09. The second-order valence-corrected chi connectivity index (χ2v) is 3.56. The van der Waals surface area contributed by atoms with Gasteiger partial charge >= 0.3 is 5.97 Å². The van der Waals surface area contributed by atoms with Crippen LogP contribution in [0.15, 0.2) is 24.3 Å². The summed E-state index contributed by atoms with van der Waals surface area (Å²) in [5, 5.41) is 8.74. The van der Waals surface area contributed by atoms with E-state index < -0.39 is 12.3 Å². The van der Waals surface area contributed by atoms with Crippen LogP contribution < -0.4 is 0 Å². The molecule has 0 bridgehead atoms. The first-order chi connectivity index (χ1) is 8.17. The number of aliphatic carboxylic acids is 1. The molecule has 94 valence electrons. The van der Waals surface area contributed by atoms with Crippen molar-refractivity contribution < 1.29 is 19.4 Å². The van der Waals surface area contributed by atoms with Gasteiger partial charge in [-0.15, -0.1) is 0 Å². The fourth-order valence-electron chi connectivity index (χ4n) is 1.57. The number of hydrogen-bond donors (Lipinski definition) is 1. The maximum Gasteiger partial charge on any atom is 0.307 e. The van der Waals surface area contributed by atoms with Gasteiger partial charge in [-0.3, -0.25) is 4.79 Å². The van der Waals surface area contributed by atoms with Crippen LogP contribution in [0.4, 0.5) is 0 Å². The lowest BCUT2D eigenvalue weighted by Gasteiger charge is -2.17. The normalized spacial score (nSPS) is 10.8. The zero-order valence-electron chi connectivity index (χ0n) is 10.2. The van der Waals surface area contributed by atoms with Crippen molar-refractivity contribution in [2.24, 2.45) is 0 Å². The van der Waals surface area contributed by atoms with Crippen LogP contribution in [0.25, 0.3) is 0 Å². The minimum Gasteiger partial charge on any atom is -0.481 e. The zero-order chi connectivity index (χ0) is 12.7. The van der Waals surface area contributed by atoms with Crippen molar-refractivity contribution in [3.05, 3.63) is 35.4 Å². The molecule has 0 aliphatic rings. The SMILES string of the molecule is CCOC(OCC)c1cccc(CC(=O)O)c1. The maximum absolute atomic E-state index is 10.6. The predicted molar refractivity (Wildman–Crippen MR) is 63.8 cm³/mol. The molecule has 0 spiro atoms. The lowest BCUT2D eigenvalue weighted by molar-refractivity contribution is -0.140. The Morgan fingerprint density at radius 1 is 1.29 bits per heavy atom. The monoisotopic (exact) mass is 238 g/mol. The summed E-state index contributed by atoms with van der Waals surface area (Å²) in [7, 11) is 0. The van der Waals surface area contributed by atoms with Crippen LogP contribution in [0.3, 0.4) is 0 Å². The first-order valence-corrected chi connectivity index (χ1v) is 5.71. The molecule has 0 amide bonds. The lowest BCUT2D eigenvalue weighted by atomic mass is 10.1. The quantitative estimate of drug-likeness (QED) is 0.741. The Morgan fingerprint density at radius 3 is 2.47 bits per heavy atom. The molecule has 0 saturated carbocycles. The standard InChI is InChI=1S/C13H18O4/c1-3-16-13(17-4-2)11-7-5-6-10(8-11)9-12(14)15/h5-8,13H,3-4,9H2,1-2H3,(H,14,15). The smallest absolute Gasteiger partial charge is 0.307 e. The summed E-state index contributed by atoms with van der Waals surface area (Å²) in [5.74, 6) is -0.841. The predicted octanol–water partition coefficient (Wildman–Crippen LogP) is 2.39. The van der Waals surface area contributed by atoms with Gasteiger partial charge in [0, 0.05) is 18.8 Å². The van der Waals surface area contributed by atoms with Gasteiger partial charge in [0.2, 0.25) is 0 Å². The molecule has 1 aromatic carbocycles. The molecule has 0 aliphatic carbocycles. The van der Waals surface area contributed by atoms with E-state index >= 15 is 0 Å². The highest BCUT2D eigenvalue weighted by molar-refractivity contribution is 5.70. The molecule has 0 aliphatic heterocycles. The van der Waals surface area contributed by atoms with E-state index in [0.29, 0.717) is 13.2 Å². The van der Waals surface area contributed by atoms with E-state index in [1.54, 1.807) is 6.07 Å². The number of carbonyl (C=O) groups is 1. The molecule has 0 aromatic heterocycles. The third-order valence-corrected chi connectivity index (χ3v) is 2.21. The van der Waals surface area contributed by atoms with Crippen LogP contribution in [-0.4, -0.2) is 24.3 Å². The fourth-order valence-corrected chi connectivity index (χ4v) is 1.57. The Balaban J connectivity index is 2.83. The minimum absolute atomic E-state index is 0.0127. The molecule has 1 N–H and O–H groups in total. The Bertz CT molecular complexity index is 356. The maximum atomic E-state index is 10.6. The van der Waals surface area contributed by atoms with E-state index in [0.717, 1.165) is 11.1 Å². The largest absolute Gasteiger partial charge is 0.481 e. The van der Waals surface area contributed by atoms with Gasteiger partial charge in [0.25, 0.3) is 0 Å². The molecule has 0 saturated heterocycles. The van der Waals surface area contributed by atoms with Crippen molar-refractivity contribution in [3.63, 3.8) is 0 Å². The van der Waals surface area contributed by atoms with Gasteiger partial charge in [0.15, 0.2) is 6.29 Å². The van der Waals surface area contributed by atoms with Gasteiger partial charge in [-0.1, -0.05) is 24.3 Å². The summed E-state index contributed by atoms with van der Waals surface area (Å²) in [6.07, 6.45) is -0.405. The fraction of sp³-hybridized carbons (Fsp3) is 0.462. The van der Waals surface area contributed by atoms with Gasteiger partial charge in [-0.2, -0.15) is 0 Å². The van der Waals surface area contributed by atoms with Gasteiger partial charge in [-0.05, 0) is 19.4 Å². The van der Waals surface area contributed by atoms with E-state index in [-0.39, 0.29) is 6.42 Å². The molecule has 1 aromatic rings. The summed E-state index contributed by atoms with van der Waals surface area (Å²) in [4.78, 5) is 10.6. The average Bonchev–Trinajstić information content (AvgIpc) is 2.28. The summed E-state index contributed by atoms with van der Waals surface area (Å²) < 4.78 is 10.9. The second kappa shape index (κ2) is 7.04. The number of carboxylic acids is 1. The first-order valence-electron chi connectivity index (χ1n) is 5.71. The van der Waals surface area contributed by atoms with Crippen molar-refractivity contribution in [2.75, 3.05) is 13.2 Å². The highest BCUT2D eigenvalue weighted by atomic mass is 16.7. The van der Waals surface area contributed by atoms with Crippen molar-refractivity contribution in [2.45, 2.75) is 26.6 Å². The number of benzene rings is 1. The van der Waals surface area contributed by atoms with Crippen LogP contribution in [0.2, 0.25) is 0 Å². The molecular formula is C13H18O4. The second-order valence-electron chi connectivity index (χ2n) is 3.56. The Kier molecular flexibility index (Phi) is 5.66. The first kappa shape index (κ1) is 13.7. The molecule has 1 rings (SSSR count). The van der Waals surface area contributed by atoms with Gasteiger partial charge in [0.1, 0.15) is 0 Å². The molecule has 4 heteroatoms. The Hall–Kier alpha value is -1.39. The molecular weight excluding hydrogens is 220 g/mol. The van der Waals surface area contributed by atoms with Crippen molar-refractivity contribution in [1.82, 2.24) is 0 Å². The van der Waals surface area contributed by atoms with E-state index in [1.807, 2.05) is 32.0 Å². The molecule has 0 heterocycles. The number of rotatable bonds is 7. The Morgan fingerprint density at radius 2 is 1.94 bits per heavy atom. The highest BCUT2D eigenvalue weighted by Crippen LogP contribution is 2.20. The van der Waals surface area contributed by atoms with Gasteiger partial charge in [0.05, 0.1) is 6.42 Å². The Labute approximate surface area is 101 Å². The average molecular weight is 238 g/mol. The summed E-state index contributed by atoms with van der Waals surface area (Å²) in [6.45, 7) is 4.89. The van der Waals surface area contributed by atoms with Gasteiger partial charge < -0.3 is 14.6 Å². The van der Waals surface area contributed by atoms with E-state index in [9.17, 15) is 4.79 Å². The van der Waals surface area contributed by atoms with Crippen molar-refractivity contribution >= 4 is 5.97 Å². The molecule has 0 fully saturated rings.